The first kappa shape index (κ1) is 10.6. The minimum atomic E-state index is 0.0377. The molecule has 1 aromatic rings. The van der Waals surface area contributed by atoms with Crippen LogP contribution in [0, 0.1) is 0 Å². The minimum absolute atomic E-state index is 0.0377. The molecule has 1 aromatic carbocycles. The SMILES string of the molecule is CC(=O)N1CC(N)Cc2cc(Br)ccc21. The maximum atomic E-state index is 11.5. The molecule has 15 heavy (non-hydrogen) atoms. The van der Waals surface area contributed by atoms with Crippen molar-refractivity contribution in [2.24, 2.45) is 5.73 Å². The highest BCUT2D eigenvalue weighted by molar-refractivity contribution is 9.10. The summed E-state index contributed by atoms with van der Waals surface area (Å²) in [5.74, 6) is 0.0497. The molecule has 2 rings (SSSR count). The van der Waals surface area contributed by atoms with Crippen molar-refractivity contribution in [1.29, 1.82) is 0 Å². The van der Waals surface area contributed by atoms with E-state index in [-0.39, 0.29) is 11.9 Å². The molecule has 2 N–H and O–H groups in total. The summed E-state index contributed by atoms with van der Waals surface area (Å²) in [5, 5.41) is 0. The summed E-state index contributed by atoms with van der Waals surface area (Å²) >= 11 is 3.42. The Balaban J connectivity index is 2.46. The maximum absolute atomic E-state index is 11.5. The third-order valence-corrected chi connectivity index (χ3v) is 3.10. The fourth-order valence-electron chi connectivity index (χ4n) is 1.96. The molecule has 0 saturated heterocycles. The highest BCUT2D eigenvalue weighted by Crippen LogP contribution is 2.29. The van der Waals surface area contributed by atoms with Crippen LogP contribution in [0.3, 0.4) is 0 Å². The summed E-state index contributed by atoms with van der Waals surface area (Å²) in [5.41, 5.74) is 8.05. The average Bonchev–Trinajstić information content (AvgIpc) is 2.15. The number of benzene rings is 1. The van der Waals surface area contributed by atoms with E-state index in [0.717, 1.165) is 22.1 Å². The summed E-state index contributed by atoms with van der Waals surface area (Å²) in [6, 6.07) is 5.98. The van der Waals surface area contributed by atoms with Crippen molar-refractivity contribution >= 4 is 27.5 Å². The quantitative estimate of drug-likeness (QED) is 0.779. The second kappa shape index (κ2) is 3.94. The van der Waals surface area contributed by atoms with Crippen molar-refractivity contribution in [2.75, 3.05) is 11.4 Å². The van der Waals surface area contributed by atoms with E-state index in [4.69, 9.17) is 5.73 Å². The van der Waals surface area contributed by atoms with Crippen LogP contribution in [0.1, 0.15) is 12.5 Å². The van der Waals surface area contributed by atoms with Crippen molar-refractivity contribution in [1.82, 2.24) is 0 Å². The summed E-state index contributed by atoms with van der Waals surface area (Å²) in [7, 11) is 0. The van der Waals surface area contributed by atoms with E-state index in [1.54, 1.807) is 11.8 Å². The standard InChI is InChI=1S/C11H13BrN2O/c1-7(15)14-6-10(13)5-8-4-9(12)2-3-11(8)14/h2-4,10H,5-6,13H2,1H3. The Labute approximate surface area is 97.4 Å². The Hall–Kier alpha value is -0.870. The molecule has 0 bridgehead atoms. The number of fused-ring (bicyclic) bond motifs is 1. The summed E-state index contributed by atoms with van der Waals surface area (Å²) < 4.78 is 1.03. The lowest BCUT2D eigenvalue weighted by molar-refractivity contribution is -0.116. The minimum Gasteiger partial charge on any atom is -0.326 e. The first-order valence-corrected chi connectivity index (χ1v) is 5.69. The van der Waals surface area contributed by atoms with Gasteiger partial charge in [0, 0.05) is 29.7 Å². The first-order chi connectivity index (χ1) is 7.08. The van der Waals surface area contributed by atoms with Gasteiger partial charge in [-0.1, -0.05) is 15.9 Å². The van der Waals surface area contributed by atoms with Crippen LogP contribution in [-0.2, 0) is 11.2 Å². The Morgan fingerprint density at radius 2 is 2.33 bits per heavy atom. The van der Waals surface area contributed by atoms with Crippen LogP contribution in [0.15, 0.2) is 22.7 Å². The van der Waals surface area contributed by atoms with E-state index in [1.165, 1.54) is 0 Å². The zero-order valence-electron chi connectivity index (χ0n) is 8.53. The zero-order chi connectivity index (χ0) is 11.0. The van der Waals surface area contributed by atoms with Crippen molar-refractivity contribution in [3.05, 3.63) is 28.2 Å². The van der Waals surface area contributed by atoms with Crippen LogP contribution >= 0.6 is 15.9 Å². The van der Waals surface area contributed by atoms with Crippen molar-refractivity contribution in [3.63, 3.8) is 0 Å². The number of rotatable bonds is 0. The van der Waals surface area contributed by atoms with Gasteiger partial charge in [0.1, 0.15) is 0 Å². The summed E-state index contributed by atoms with van der Waals surface area (Å²) in [4.78, 5) is 13.2. The van der Waals surface area contributed by atoms with Crippen molar-refractivity contribution < 1.29 is 4.79 Å². The lowest BCUT2D eigenvalue weighted by Gasteiger charge is -2.32. The molecule has 0 radical (unpaired) electrons. The van der Waals surface area contributed by atoms with Gasteiger partial charge in [0.2, 0.25) is 5.91 Å². The monoisotopic (exact) mass is 268 g/mol. The topological polar surface area (TPSA) is 46.3 Å². The van der Waals surface area contributed by atoms with Gasteiger partial charge in [-0.25, -0.2) is 0 Å². The third kappa shape index (κ3) is 2.06. The molecule has 1 atom stereocenters. The molecule has 0 saturated carbocycles. The lowest BCUT2D eigenvalue weighted by Crippen LogP contribution is -2.45. The van der Waals surface area contributed by atoms with Gasteiger partial charge in [0.25, 0.3) is 0 Å². The fraction of sp³-hybridized carbons (Fsp3) is 0.364. The second-order valence-corrected chi connectivity index (χ2v) is 4.78. The predicted octanol–water partition coefficient (Wildman–Crippen LogP) is 1.69. The Morgan fingerprint density at radius 1 is 1.60 bits per heavy atom. The molecule has 80 valence electrons. The summed E-state index contributed by atoms with van der Waals surface area (Å²) in [6.45, 7) is 2.19. The number of amides is 1. The van der Waals surface area contributed by atoms with Crippen LogP contribution in [0.4, 0.5) is 5.69 Å². The molecular formula is C11H13BrN2O. The Kier molecular flexibility index (Phi) is 2.80. The van der Waals surface area contributed by atoms with Crippen LogP contribution in [0.2, 0.25) is 0 Å². The Bertz CT molecular complexity index is 406. The van der Waals surface area contributed by atoms with Gasteiger partial charge < -0.3 is 10.6 Å². The van der Waals surface area contributed by atoms with Gasteiger partial charge in [-0.3, -0.25) is 4.79 Å². The highest BCUT2D eigenvalue weighted by Gasteiger charge is 2.24. The smallest absolute Gasteiger partial charge is 0.223 e. The largest absolute Gasteiger partial charge is 0.326 e. The highest BCUT2D eigenvalue weighted by atomic mass is 79.9. The second-order valence-electron chi connectivity index (χ2n) is 3.87. The van der Waals surface area contributed by atoms with Gasteiger partial charge in [0.15, 0.2) is 0 Å². The number of carbonyl (C=O) groups excluding carboxylic acids is 1. The number of nitrogens with two attached hydrogens (primary N) is 1. The van der Waals surface area contributed by atoms with Crippen molar-refractivity contribution in [3.8, 4) is 0 Å². The van der Waals surface area contributed by atoms with E-state index < -0.39 is 0 Å². The molecule has 1 amide bonds. The van der Waals surface area contributed by atoms with E-state index in [1.807, 2.05) is 18.2 Å². The number of hydrogen-bond donors (Lipinski definition) is 1. The number of nitrogens with zero attached hydrogens (tertiary/aromatic N) is 1. The van der Waals surface area contributed by atoms with Crippen molar-refractivity contribution in [2.45, 2.75) is 19.4 Å². The molecule has 0 aliphatic carbocycles. The van der Waals surface area contributed by atoms with E-state index >= 15 is 0 Å². The Morgan fingerprint density at radius 3 is 3.00 bits per heavy atom. The molecule has 1 aliphatic heterocycles. The number of carbonyl (C=O) groups is 1. The molecule has 1 unspecified atom stereocenters. The number of halogens is 1. The van der Waals surface area contributed by atoms with Gasteiger partial charge in [0.05, 0.1) is 0 Å². The van der Waals surface area contributed by atoms with E-state index in [2.05, 4.69) is 15.9 Å². The van der Waals surface area contributed by atoms with Gasteiger partial charge >= 0.3 is 0 Å². The van der Waals surface area contributed by atoms with Gasteiger partial charge in [-0.15, -0.1) is 0 Å². The van der Waals surface area contributed by atoms with Gasteiger partial charge in [-0.05, 0) is 30.2 Å². The summed E-state index contributed by atoms with van der Waals surface area (Å²) in [6.07, 6.45) is 0.832. The number of hydrogen-bond acceptors (Lipinski definition) is 2. The molecule has 1 heterocycles. The van der Waals surface area contributed by atoms with Crippen LogP contribution in [0.25, 0.3) is 0 Å². The normalized spacial score (nSPS) is 19.9. The zero-order valence-corrected chi connectivity index (χ0v) is 10.1. The predicted molar refractivity (Wildman–Crippen MR) is 63.8 cm³/mol. The molecule has 4 heteroatoms. The third-order valence-electron chi connectivity index (χ3n) is 2.61. The molecule has 0 fully saturated rings. The van der Waals surface area contributed by atoms with Crippen LogP contribution in [0.5, 0.6) is 0 Å². The van der Waals surface area contributed by atoms with E-state index in [0.29, 0.717) is 6.54 Å². The first-order valence-electron chi connectivity index (χ1n) is 4.90. The lowest BCUT2D eigenvalue weighted by atomic mass is 9.98. The van der Waals surface area contributed by atoms with Crippen LogP contribution < -0.4 is 10.6 Å². The van der Waals surface area contributed by atoms with Crippen LogP contribution in [-0.4, -0.2) is 18.5 Å². The fourth-order valence-corrected chi connectivity index (χ4v) is 2.37. The number of anilines is 1. The molecule has 0 spiro atoms. The average molecular weight is 269 g/mol. The molecular weight excluding hydrogens is 256 g/mol. The molecule has 1 aliphatic rings. The molecule has 3 nitrogen and oxygen atoms in total. The molecule has 0 aromatic heterocycles. The maximum Gasteiger partial charge on any atom is 0.223 e. The van der Waals surface area contributed by atoms with Gasteiger partial charge in [-0.2, -0.15) is 0 Å². The van der Waals surface area contributed by atoms with E-state index in [9.17, 15) is 4.79 Å².